The van der Waals surface area contributed by atoms with Crippen LogP contribution in [-0.2, 0) is 13.0 Å². The number of carbonyl (C=O) groups is 1. The summed E-state index contributed by atoms with van der Waals surface area (Å²) in [5, 5.41) is 3.94. The van der Waals surface area contributed by atoms with E-state index in [1.54, 1.807) is 0 Å². The van der Waals surface area contributed by atoms with E-state index >= 15 is 0 Å². The van der Waals surface area contributed by atoms with Crippen molar-refractivity contribution in [3.05, 3.63) is 94.7 Å². The van der Waals surface area contributed by atoms with E-state index in [4.69, 9.17) is 5.73 Å². The first-order valence-electron chi connectivity index (χ1n) is 14.0. The van der Waals surface area contributed by atoms with E-state index < -0.39 is 0 Å². The van der Waals surface area contributed by atoms with E-state index in [1.807, 2.05) is 50.2 Å². The van der Waals surface area contributed by atoms with E-state index in [9.17, 15) is 4.79 Å². The van der Waals surface area contributed by atoms with Gasteiger partial charge in [-0.25, -0.2) is 0 Å². The molecule has 1 fully saturated rings. The van der Waals surface area contributed by atoms with Crippen LogP contribution >= 0.6 is 0 Å². The highest BCUT2D eigenvalue weighted by Crippen LogP contribution is 2.28. The van der Waals surface area contributed by atoms with Crippen LogP contribution in [-0.4, -0.2) is 42.0 Å². The number of piperazine rings is 1. The van der Waals surface area contributed by atoms with Gasteiger partial charge in [-0.2, -0.15) is 0 Å². The van der Waals surface area contributed by atoms with Crippen molar-refractivity contribution in [3.8, 4) is 0 Å². The number of nitrogens with one attached hydrogen (secondary N) is 1. The van der Waals surface area contributed by atoms with Crippen LogP contribution in [0.2, 0.25) is 0 Å². The van der Waals surface area contributed by atoms with Crippen LogP contribution in [0.15, 0.2) is 66.7 Å². The minimum Gasteiger partial charge on any atom is -0.398 e. The average Bonchev–Trinajstić information content (AvgIpc) is 2.96. The zero-order valence-electron chi connectivity index (χ0n) is 23.3. The van der Waals surface area contributed by atoms with Gasteiger partial charge in [-0.15, -0.1) is 0 Å². The molecule has 2 heterocycles. The molecule has 0 bridgehead atoms. The van der Waals surface area contributed by atoms with E-state index in [0.717, 1.165) is 66.9 Å². The fourth-order valence-corrected chi connectivity index (χ4v) is 5.33. The van der Waals surface area contributed by atoms with Gasteiger partial charge in [-0.05, 0) is 79.8 Å². The molecule has 0 saturated carbocycles. The molecule has 3 aromatic carbocycles. The van der Waals surface area contributed by atoms with Crippen LogP contribution in [0, 0.1) is 13.8 Å². The Balaban J connectivity index is 1.23. The smallest absolute Gasteiger partial charge is 0.255 e. The first kappa shape index (κ1) is 26.7. The molecule has 6 nitrogen and oxygen atoms in total. The van der Waals surface area contributed by atoms with Crippen LogP contribution in [0.4, 0.5) is 17.1 Å². The molecule has 0 atom stereocenters. The van der Waals surface area contributed by atoms with Crippen molar-refractivity contribution in [3.63, 3.8) is 0 Å². The van der Waals surface area contributed by atoms with E-state index in [1.165, 1.54) is 24.1 Å². The monoisotopic (exact) mass is 521 g/mol. The lowest BCUT2D eigenvalue weighted by atomic mass is 10.0. The van der Waals surface area contributed by atoms with Gasteiger partial charge in [-0.1, -0.05) is 43.7 Å². The second-order valence-corrected chi connectivity index (χ2v) is 10.6. The van der Waals surface area contributed by atoms with Gasteiger partial charge in [0, 0.05) is 66.4 Å². The number of rotatable bonds is 8. The Morgan fingerprint density at radius 1 is 0.974 bits per heavy atom. The minimum absolute atomic E-state index is 0.109. The molecular formula is C33H39N5O. The van der Waals surface area contributed by atoms with Crippen LogP contribution in [0.5, 0.6) is 0 Å². The summed E-state index contributed by atoms with van der Waals surface area (Å²) in [5.41, 5.74) is 15.0. The standard InChI is InChI=1S/C33H39N5O/c1-4-5-8-25-11-14-28(15-12-25)38-19-17-37(18-20-38)22-26-9-6-7-10-29(26)33(39)36-27-13-16-31-30(21-27)32(34)23(2)24(3)35-31/h6-7,9-16,21H,4-5,8,17-20,22H2,1-3H3,(H2,34,35)(H,36,39). The number of anilines is 3. The van der Waals surface area contributed by atoms with E-state index in [2.05, 4.69) is 57.4 Å². The maximum atomic E-state index is 13.4. The summed E-state index contributed by atoms with van der Waals surface area (Å²) < 4.78 is 0. The van der Waals surface area contributed by atoms with Crippen molar-refractivity contribution in [2.24, 2.45) is 0 Å². The third-order valence-electron chi connectivity index (χ3n) is 7.93. The molecule has 1 aromatic heterocycles. The Bertz CT molecular complexity index is 1460. The molecule has 1 saturated heterocycles. The quantitative estimate of drug-likeness (QED) is 0.283. The number of nitrogen functional groups attached to an aromatic ring is 1. The molecule has 0 radical (unpaired) electrons. The third kappa shape index (κ3) is 6.07. The van der Waals surface area contributed by atoms with Crippen molar-refractivity contribution in [2.45, 2.75) is 46.6 Å². The summed E-state index contributed by atoms with van der Waals surface area (Å²) in [7, 11) is 0. The first-order chi connectivity index (χ1) is 18.9. The Morgan fingerprint density at radius 3 is 2.46 bits per heavy atom. The number of benzene rings is 3. The molecule has 1 amide bonds. The summed E-state index contributed by atoms with van der Waals surface area (Å²) in [5.74, 6) is -0.109. The second-order valence-electron chi connectivity index (χ2n) is 10.6. The molecule has 4 aromatic rings. The maximum Gasteiger partial charge on any atom is 0.255 e. The third-order valence-corrected chi connectivity index (χ3v) is 7.93. The molecule has 0 aliphatic carbocycles. The van der Waals surface area contributed by atoms with Gasteiger partial charge in [0.15, 0.2) is 0 Å². The van der Waals surface area contributed by atoms with E-state index in [-0.39, 0.29) is 5.91 Å². The summed E-state index contributed by atoms with van der Waals surface area (Å²) in [6.45, 7) is 10.8. The average molecular weight is 522 g/mol. The zero-order chi connectivity index (χ0) is 27.4. The number of aromatic nitrogens is 1. The van der Waals surface area contributed by atoms with Crippen molar-refractivity contribution in [2.75, 3.05) is 42.1 Å². The van der Waals surface area contributed by atoms with Crippen molar-refractivity contribution in [1.82, 2.24) is 9.88 Å². The number of nitrogens with two attached hydrogens (primary N) is 1. The molecule has 5 rings (SSSR count). The van der Waals surface area contributed by atoms with Gasteiger partial charge in [0.05, 0.1) is 5.52 Å². The highest BCUT2D eigenvalue weighted by atomic mass is 16.1. The summed E-state index contributed by atoms with van der Waals surface area (Å²) in [6.07, 6.45) is 3.62. The lowest BCUT2D eigenvalue weighted by Crippen LogP contribution is -2.46. The lowest BCUT2D eigenvalue weighted by molar-refractivity contribution is 0.102. The predicted molar refractivity (Wildman–Crippen MR) is 163 cm³/mol. The molecule has 1 aliphatic rings. The topological polar surface area (TPSA) is 74.5 Å². The first-order valence-corrected chi connectivity index (χ1v) is 14.0. The fraction of sp³-hybridized carbons (Fsp3) is 0.333. The molecule has 39 heavy (non-hydrogen) atoms. The molecule has 0 unspecified atom stereocenters. The van der Waals surface area contributed by atoms with Crippen molar-refractivity contribution >= 4 is 33.9 Å². The lowest BCUT2D eigenvalue weighted by Gasteiger charge is -2.36. The normalized spacial score (nSPS) is 14.1. The number of amides is 1. The molecule has 202 valence electrons. The summed E-state index contributed by atoms with van der Waals surface area (Å²) >= 11 is 0. The van der Waals surface area contributed by atoms with Crippen LogP contribution in [0.25, 0.3) is 10.9 Å². The Labute approximate surface area is 231 Å². The van der Waals surface area contributed by atoms with Crippen molar-refractivity contribution in [1.29, 1.82) is 0 Å². The highest BCUT2D eigenvalue weighted by molar-refractivity contribution is 6.06. The molecule has 0 spiro atoms. The van der Waals surface area contributed by atoms with Crippen LogP contribution in [0.1, 0.15) is 52.5 Å². The highest BCUT2D eigenvalue weighted by Gasteiger charge is 2.20. The number of pyridine rings is 1. The SMILES string of the molecule is CCCCc1ccc(N2CCN(Cc3ccccc3C(=O)Nc3ccc4nc(C)c(C)c(N)c4c3)CC2)cc1. The largest absolute Gasteiger partial charge is 0.398 e. The van der Waals surface area contributed by atoms with Crippen molar-refractivity contribution < 1.29 is 4.79 Å². The van der Waals surface area contributed by atoms with E-state index in [0.29, 0.717) is 16.9 Å². The molecule has 3 N–H and O–H groups in total. The Hall–Kier alpha value is -3.90. The predicted octanol–water partition coefficient (Wildman–Crippen LogP) is 6.35. The van der Waals surface area contributed by atoms with Crippen LogP contribution in [0.3, 0.4) is 0 Å². The Morgan fingerprint density at radius 2 is 1.72 bits per heavy atom. The van der Waals surface area contributed by atoms with Gasteiger partial charge in [-0.3, -0.25) is 14.7 Å². The maximum absolute atomic E-state index is 13.4. The van der Waals surface area contributed by atoms with Gasteiger partial charge >= 0.3 is 0 Å². The van der Waals surface area contributed by atoms with Gasteiger partial charge < -0.3 is 16.0 Å². The number of fused-ring (bicyclic) bond motifs is 1. The molecule has 6 heteroatoms. The number of aryl methyl sites for hydroxylation is 2. The van der Waals surface area contributed by atoms with Crippen LogP contribution < -0.4 is 16.0 Å². The number of nitrogens with zero attached hydrogens (tertiary/aromatic N) is 3. The van der Waals surface area contributed by atoms with Gasteiger partial charge in [0.1, 0.15) is 0 Å². The number of unbranched alkanes of at least 4 members (excludes halogenated alkanes) is 1. The number of hydrogen-bond acceptors (Lipinski definition) is 5. The molecular weight excluding hydrogens is 482 g/mol. The zero-order valence-corrected chi connectivity index (χ0v) is 23.3. The number of hydrogen-bond donors (Lipinski definition) is 2. The second kappa shape index (κ2) is 11.9. The minimum atomic E-state index is -0.109. The fourth-order valence-electron chi connectivity index (χ4n) is 5.33. The number of carbonyl (C=O) groups excluding carboxylic acids is 1. The summed E-state index contributed by atoms with van der Waals surface area (Å²) in [6, 6.07) is 22.7. The van der Waals surface area contributed by atoms with Gasteiger partial charge in [0.25, 0.3) is 5.91 Å². The Kier molecular flexibility index (Phi) is 8.13. The molecule has 1 aliphatic heterocycles. The summed E-state index contributed by atoms with van der Waals surface area (Å²) in [4.78, 5) is 22.9. The van der Waals surface area contributed by atoms with Gasteiger partial charge in [0.2, 0.25) is 0 Å².